The van der Waals surface area contributed by atoms with Gasteiger partial charge in [-0.15, -0.1) is 0 Å². The standard InChI is InChI=1S/C16H23N3O5/c1-17-15(24)19(14(23)16(17)7-3-2-4-8-16)10-12(20)18-9-5-6-11(18)13(21)22/h11H,2-10H2,1H3,(H,21,22). The van der Waals surface area contributed by atoms with Crippen LogP contribution in [0.1, 0.15) is 44.9 Å². The molecular formula is C16H23N3O5. The molecule has 8 nitrogen and oxygen atoms in total. The zero-order chi connectivity index (χ0) is 17.5. The van der Waals surface area contributed by atoms with Gasteiger partial charge in [-0.2, -0.15) is 0 Å². The Morgan fingerprint density at radius 1 is 1.17 bits per heavy atom. The molecule has 3 fully saturated rings. The van der Waals surface area contributed by atoms with Crippen LogP contribution in [0.25, 0.3) is 0 Å². The first-order valence-electron chi connectivity index (χ1n) is 8.50. The van der Waals surface area contributed by atoms with E-state index in [-0.39, 0.29) is 12.5 Å². The van der Waals surface area contributed by atoms with E-state index < -0.39 is 29.5 Å². The molecule has 0 aromatic rings. The van der Waals surface area contributed by atoms with Gasteiger partial charge in [0.2, 0.25) is 5.91 Å². The van der Waals surface area contributed by atoms with Crippen LogP contribution in [-0.2, 0) is 14.4 Å². The topological polar surface area (TPSA) is 98.2 Å². The van der Waals surface area contributed by atoms with Gasteiger partial charge in [0, 0.05) is 13.6 Å². The highest BCUT2D eigenvalue weighted by Gasteiger charge is 2.56. The summed E-state index contributed by atoms with van der Waals surface area (Å²) in [5, 5.41) is 9.19. The Morgan fingerprint density at radius 2 is 1.83 bits per heavy atom. The summed E-state index contributed by atoms with van der Waals surface area (Å²) in [4.78, 5) is 52.8. The normalized spacial score (nSPS) is 26.5. The Kier molecular flexibility index (Phi) is 4.23. The number of likely N-dealkylation sites (tertiary alicyclic amines) is 1. The summed E-state index contributed by atoms with van der Waals surface area (Å²) in [6.45, 7) is -0.0134. The van der Waals surface area contributed by atoms with Gasteiger partial charge < -0.3 is 14.9 Å². The van der Waals surface area contributed by atoms with Crippen molar-refractivity contribution in [3.05, 3.63) is 0 Å². The number of rotatable bonds is 3. The highest BCUT2D eigenvalue weighted by Crippen LogP contribution is 2.39. The molecule has 2 aliphatic heterocycles. The van der Waals surface area contributed by atoms with Crippen LogP contribution in [0.15, 0.2) is 0 Å². The molecule has 3 rings (SSSR count). The fraction of sp³-hybridized carbons (Fsp3) is 0.750. The second kappa shape index (κ2) is 6.07. The zero-order valence-corrected chi connectivity index (χ0v) is 13.9. The molecule has 0 radical (unpaired) electrons. The molecule has 8 heteroatoms. The summed E-state index contributed by atoms with van der Waals surface area (Å²) in [7, 11) is 1.62. The molecule has 0 bridgehead atoms. The van der Waals surface area contributed by atoms with Crippen molar-refractivity contribution >= 4 is 23.8 Å². The van der Waals surface area contributed by atoms with Crippen LogP contribution in [0.5, 0.6) is 0 Å². The zero-order valence-electron chi connectivity index (χ0n) is 13.9. The van der Waals surface area contributed by atoms with Gasteiger partial charge >= 0.3 is 12.0 Å². The number of nitrogens with zero attached hydrogens (tertiary/aromatic N) is 3. The Morgan fingerprint density at radius 3 is 2.46 bits per heavy atom. The summed E-state index contributed by atoms with van der Waals surface area (Å²) in [5.41, 5.74) is -0.813. The number of amides is 4. The van der Waals surface area contributed by atoms with Gasteiger partial charge in [0.25, 0.3) is 5.91 Å². The lowest BCUT2D eigenvalue weighted by molar-refractivity contribution is -0.149. The SMILES string of the molecule is CN1C(=O)N(CC(=O)N2CCCC2C(=O)O)C(=O)C12CCCCC2. The number of imide groups is 1. The minimum absolute atomic E-state index is 0.311. The lowest BCUT2D eigenvalue weighted by Gasteiger charge is -2.35. The van der Waals surface area contributed by atoms with Crippen LogP contribution in [0, 0.1) is 0 Å². The first kappa shape index (κ1) is 16.7. The van der Waals surface area contributed by atoms with Gasteiger partial charge in [-0.05, 0) is 25.7 Å². The third kappa shape index (κ3) is 2.44. The second-order valence-corrected chi connectivity index (χ2v) is 6.91. The van der Waals surface area contributed by atoms with Gasteiger partial charge in [0.15, 0.2) is 0 Å². The minimum Gasteiger partial charge on any atom is -0.480 e. The summed E-state index contributed by atoms with van der Waals surface area (Å²) < 4.78 is 0. The van der Waals surface area contributed by atoms with Crippen molar-refractivity contribution in [2.45, 2.75) is 56.5 Å². The van der Waals surface area contributed by atoms with Crippen molar-refractivity contribution < 1.29 is 24.3 Å². The maximum Gasteiger partial charge on any atom is 0.327 e. The third-order valence-electron chi connectivity index (χ3n) is 5.64. The maximum absolute atomic E-state index is 12.8. The number of urea groups is 1. The predicted octanol–water partition coefficient (Wildman–Crippen LogP) is 0.659. The van der Waals surface area contributed by atoms with Crippen LogP contribution in [0.3, 0.4) is 0 Å². The van der Waals surface area contributed by atoms with Gasteiger partial charge in [-0.3, -0.25) is 14.5 Å². The molecule has 24 heavy (non-hydrogen) atoms. The number of hydrogen-bond donors (Lipinski definition) is 1. The smallest absolute Gasteiger partial charge is 0.327 e. The largest absolute Gasteiger partial charge is 0.480 e. The van der Waals surface area contributed by atoms with Crippen molar-refractivity contribution in [2.24, 2.45) is 0 Å². The Hall–Kier alpha value is -2.12. The van der Waals surface area contributed by atoms with Crippen LogP contribution >= 0.6 is 0 Å². The molecule has 1 N–H and O–H groups in total. The van der Waals surface area contributed by atoms with Crippen LogP contribution in [-0.4, -0.2) is 75.3 Å². The Bertz CT molecular complexity index is 584. The minimum atomic E-state index is -1.04. The number of aliphatic carboxylic acids is 1. The maximum atomic E-state index is 12.8. The third-order valence-corrected chi connectivity index (χ3v) is 5.64. The summed E-state index contributed by atoms with van der Waals surface area (Å²) in [5.74, 6) is -1.82. The molecule has 0 aromatic carbocycles. The van der Waals surface area contributed by atoms with Crippen molar-refractivity contribution in [1.29, 1.82) is 0 Å². The number of carbonyl (C=O) groups is 4. The number of carboxylic acid groups (broad SMARTS) is 1. The summed E-state index contributed by atoms with van der Waals surface area (Å²) in [6.07, 6.45) is 5.10. The molecule has 1 saturated carbocycles. The number of carboxylic acids is 1. The van der Waals surface area contributed by atoms with Gasteiger partial charge in [-0.25, -0.2) is 9.59 Å². The monoisotopic (exact) mass is 337 g/mol. The molecule has 1 unspecified atom stereocenters. The van der Waals surface area contributed by atoms with E-state index >= 15 is 0 Å². The fourth-order valence-corrected chi connectivity index (χ4v) is 4.22. The van der Waals surface area contributed by atoms with Crippen LogP contribution < -0.4 is 0 Å². The van der Waals surface area contributed by atoms with Crippen LogP contribution in [0.2, 0.25) is 0 Å². The Labute approximate surface area is 140 Å². The molecule has 3 aliphatic rings. The number of carbonyl (C=O) groups excluding carboxylic acids is 3. The van der Waals surface area contributed by atoms with E-state index in [0.717, 1.165) is 24.2 Å². The Balaban J connectivity index is 1.75. The first-order valence-corrected chi connectivity index (χ1v) is 8.50. The van der Waals surface area contributed by atoms with Crippen LogP contribution in [0.4, 0.5) is 4.79 Å². The fourth-order valence-electron chi connectivity index (χ4n) is 4.22. The van der Waals surface area contributed by atoms with E-state index in [0.29, 0.717) is 32.2 Å². The van der Waals surface area contributed by atoms with E-state index in [1.165, 1.54) is 9.80 Å². The van der Waals surface area contributed by atoms with Gasteiger partial charge in [0.05, 0.1) is 0 Å². The number of likely N-dealkylation sites (N-methyl/N-ethyl adjacent to an activating group) is 1. The quantitative estimate of drug-likeness (QED) is 0.763. The van der Waals surface area contributed by atoms with Crippen molar-refractivity contribution in [3.63, 3.8) is 0 Å². The van der Waals surface area contributed by atoms with E-state index in [2.05, 4.69) is 0 Å². The molecule has 0 aromatic heterocycles. The van der Waals surface area contributed by atoms with E-state index in [9.17, 15) is 24.3 Å². The van der Waals surface area contributed by atoms with E-state index in [1.807, 2.05) is 0 Å². The average Bonchev–Trinajstić information content (AvgIpc) is 3.12. The highest BCUT2D eigenvalue weighted by molar-refractivity contribution is 6.09. The summed E-state index contributed by atoms with van der Waals surface area (Å²) >= 11 is 0. The summed E-state index contributed by atoms with van der Waals surface area (Å²) in [6, 6.07) is -1.31. The molecule has 1 spiro atoms. The average molecular weight is 337 g/mol. The van der Waals surface area contributed by atoms with Crippen molar-refractivity contribution in [1.82, 2.24) is 14.7 Å². The first-order chi connectivity index (χ1) is 11.4. The lowest BCUT2D eigenvalue weighted by Crippen LogP contribution is -2.50. The van der Waals surface area contributed by atoms with E-state index in [4.69, 9.17) is 0 Å². The predicted molar refractivity (Wildman–Crippen MR) is 83.1 cm³/mol. The molecular weight excluding hydrogens is 314 g/mol. The second-order valence-electron chi connectivity index (χ2n) is 6.91. The van der Waals surface area contributed by atoms with Gasteiger partial charge in [-0.1, -0.05) is 19.3 Å². The number of hydrogen-bond acceptors (Lipinski definition) is 4. The molecule has 132 valence electrons. The van der Waals surface area contributed by atoms with E-state index in [1.54, 1.807) is 7.05 Å². The molecule has 1 atom stereocenters. The van der Waals surface area contributed by atoms with Gasteiger partial charge in [0.1, 0.15) is 18.1 Å². The van der Waals surface area contributed by atoms with Crippen molar-refractivity contribution in [3.8, 4) is 0 Å². The van der Waals surface area contributed by atoms with Crippen molar-refractivity contribution in [2.75, 3.05) is 20.1 Å². The molecule has 2 heterocycles. The molecule has 1 aliphatic carbocycles. The molecule has 2 saturated heterocycles. The molecule has 4 amide bonds. The highest BCUT2D eigenvalue weighted by atomic mass is 16.4. The lowest BCUT2D eigenvalue weighted by atomic mass is 9.81.